The van der Waals surface area contributed by atoms with E-state index in [2.05, 4.69) is 16.7 Å². The van der Waals surface area contributed by atoms with Gasteiger partial charge >= 0.3 is 0 Å². The summed E-state index contributed by atoms with van der Waals surface area (Å²) in [5, 5.41) is 25.5. The molecule has 3 N–H and O–H groups in total. The van der Waals surface area contributed by atoms with E-state index in [1.54, 1.807) is 24.3 Å². The zero-order chi connectivity index (χ0) is 19.7. The van der Waals surface area contributed by atoms with Gasteiger partial charge in [0, 0.05) is 11.8 Å². The van der Waals surface area contributed by atoms with Gasteiger partial charge in [-0.2, -0.15) is 5.26 Å². The molecule has 2 aliphatic rings. The maximum Gasteiger partial charge on any atom is 0.267 e. The van der Waals surface area contributed by atoms with Crippen LogP contribution in [0.5, 0.6) is 11.5 Å². The van der Waals surface area contributed by atoms with E-state index < -0.39 is 6.10 Å². The van der Waals surface area contributed by atoms with E-state index in [9.17, 15) is 9.90 Å². The van der Waals surface area contributed by atoms with Crippen molar-refractivity contribution < 1.29 is 14.6 Å². The summed E-state index contributed by atoms with van der Waals surface area (Å²) in [4.78, 5) is 12.7. The first-order chi connectivity index (χ1) is 13.5. The molecule has 144 valence electrons. The minimum atomic E-state index is -0.698. The highest BCUT2D eigenvalue weighted by Gasteiger charge is 2.27. The molecule has 2 aromatic carbocycles. The molecule has 2 aromatic rings. The van der Waals surface area contributed by atoms with Crippen molar-refractivity contribution in [2.45, 2.75) is 44.6 Å². The summed E-state index contributed by atoms with van der Waals surface area (Å²) in [6.07, 6.45) is 3.91. The van der Waals surface area contributed by atoms with Crippen LogP contribution < -0.4 is 15.4 Å². The van der Waals surface area contributed by atoms with E-state index in [0.29, 0.717) is 35.2 Å². The van der Waals surface area contributed by atoms with Crippen LogP contribution in [0.4, 0.5) is 11.4 Å². The number of hydrogen-bond donors (Lipinski definition) is 3. The molecule has 0 unspecified atom stereocenters. The fourth-order valence-electron chi connectivity index (χ4n) is 4.01. The third-order valence-corrected chi connectivity index (χ3v) is 5.57. The van der Waals surface area contributed by atoms with Crippen molar-refractivity contribution in [2.24, 2.45) is 0 Å². The Morgan fingerprint density at radius 3 is 2.82 bits per heavy atom. The Hall–Kier alpha value is -3.20. The zero-order valence-electron chi connectivity index (χ0n) is 15.8. The molecule has 0 bridgehead atoms. The molecule has 1 fully saturated rings. The summed E-state index contributed by atoms with van der Waals surface area (Å²) in [7, 11) is 0. The van der Waals surface area contributed by atoms with Crippen molar-refractivity contribution in [3.8, 4) is 17.6 Å². The Morgan fingerprint density at radius 2 is 2.07 bits per heavy atom. The quantitative estimate of drug-likeness (QED) is 0.750. The lowest BCUT2D eigenvalue weighted by atomic mass is 9.94. The van der Waals surface area contributed by atoms with Gasteiger partial charge in [0.15, 0.2) is 6.10 Å². The van der Waals surface area contributed by atoms with Gasteiger partial charge in [-0.15, -0.1) is 0 Å². The van der Waals surface area contributed by atoms with Crippen molar-refractivity contribution >= 4 is 17.3 Å². The van der Waals surface area contributed by atoms with Gasteiger partial charge in [-0.25, -0.2) is 0 Å². The highest BCUT2D eigenvalue weighted by atomic mass is 16.5. The third-order valence-electron chi connectivity index (χ3n) is 5.57. The molecule has 1 heterocycles. The van der Waals surface area contributed by atoms with E-state index in [4.69, 9.17) is 10.00 Å². The number of phenols is 1. The first-order valence-corrected chi connectivity index (χ1v) is 9.64. The Bertz CT molecular complexity index is 958. The molecule has 1 aliphatic heterocycles. The topological polar surface area (TPSA) is 94.4 Å². The Balaban J connectivity index is 1.48. The number of carbonyl (C=O) groups is 1. The van der Waals surface area contributed by atoms with Crippen molar-refractivity contribution in [3.63, 3.8) is 0 Å². The van der Waals surface area contributed by atoms with Crippen molar-refractivity contribution in [3.05, 3.63) is 47.0 Å². The molecule has 0 spiro atoms. The van der Waals surface area contributed by atoms with E-state index in [0.717, 1.165) is 24.0 Å². The van der Waals surface area contributed by atoms with Gasteiger partial charge in [-0.3, -0.25) is 4.79 Å². The number of aromatic hydroxyl groups is 1. The second-order valence-corrected chi connectivity index (χ2v) is 7.51. The van der Waals surface area contributed by atoms with Gasteiger partial charge in [0.1, 0.15) is 11.5 Å². The number of fused-ring (bicyclic) bond motifs is 1. The largest absolute Gasteiger partial charge is 0.508 e. The van der Waals surface area contributed by atoms with E-state index in [-0.39, 0.29) is 11.7 Å². The summed E-state index contributed by atoms with van der Waals surface area (Å²) in [6.45, 7) is 2.24. The summed E-state index contributed by atoms with van der Waals surface area (Å²) in [5.74, 6) is 0.911. The van der Waals surface area contributed by atoms with Crippen LogP contribution in [-0.4, -0.2) is 23.7 Å². The molecule has 0 radical (unpaired) electrons. The van der Waals surface area contributed by atoms with Crippen molar-refractivity contribution in [2.75, 3.05) is 17.2 Å². The predicted molar refractivity (Wildman–Crippen MR) is 107 cm³/mol. The van der Waals surface area contributed by atoms with Gasteiger partial charge in [-0.1, -0.05) is 18.9 Å². The van der Waals surface area contributed by atoms with Gasteiger partial charge in [0.25, 0.3) is 5.91 Å². The lowest BCUT2D eigenvalue weighted by molar-refractivity contribution is -0.122. The molecular weight excluding hydrogens is 354 g/mol. The highest BCUT2D eigenvalue weighted by molar-refractivity contribution is 5.96. The number of phenolic OH excluding ortho intramolecular Hbond substituents is 1. The number of anilines is 2. The fraction of sp³-hybridized carbons (Fsp3) is 0.364. The molecule has 0 saturated heterocycles. The molecule has 1 aliphatic carbocycles. The monoisotopic (exact) mass is 377 g/mol. The van der Waals surface area contributed by atoms with Crippen LogP contribution in [0.15, 0.2) is 30.3 Å². The highest BCUT2D eigenvalue weighted by Crippen LogP contribution is 2.40. The number of rotatable bonds is 3. The molecule has 4 rings (SSSR count). The normalized spacial score (nSPS) is 18.5. The number of nitrogens with zero attached hydrogens (tertiary/aromatic N) is 1. The maximum absolute atomic E-state index is 12.7. The average molecular weight is 377 g/mol. The minimum absolute atomic E-state index is 0.241. The van der Waals surface area contributed by atoms with E-state index in [1.165, 1.54) is 12.8 Å². The van der Waals surface area contributed by atoms with E-state index in [1.807, 2.05) is 13.0 Å². The van der Waals surface area contributed by atoms with Gasteiger partial charge in [-0.05, 0) is 55.0 Å². The van der Waals surface area contributed by atoms with Crippen LogP contribution in [0, 0.1) is 18.3 Å². The molecule has 1 atom stereocenters. The maximum atomic E-state index is 12.7. The number of nitrogens with one attached hydrogen (secondary N) is 2. The summed E-state index contributed by atoms with van der Waals surface area (Å²) < 4.78 is 5.79. The number of ether oxygens (including phenoxy) is 1. The first kappa shape index (κ1) is 18.2. The summed E-state index contributed by atoms with van der Waals surface area (Å²) >= 11 is 0. The molecule has 1 saturated carbocycles. The van der Waals surface area contributed by atoms with Crippen LogP contribution in [0.25, 0.3) is 0 Å². The van der Waals surface area contributed by atoms with Crippen LogP contribution in [0.3, 0.4) is 0 Å². The van der Waals surface area contributed by atoms with Gasteiger partial charge < -0.3 is 20.5 Å². The Kier molecular flexibility index (Phi) is 4.82. The standard InChI is InChI=1S/C22H23N3O3/c1-13-8-16(15-4-2-3-5-15)19(26)10-17(13)25-22(27)21-12-24-18-9-14(11-23)6-7-20(18)28-21/h6-10,15,21,24,26H,2-5,12H2,1H3,(H,25,27)/t21-/m1/s1. The Labute approximate surface area is 164 Å². The molecule has 0 aromatic heterocycles. The smallest absolute Gasteiger partial charge is 0.267 e. The zero-order valence-corrected chi connectivity index (χ0v) is 15.8. The number of hydrogen-bond acceptors (Lipinski definition) is 5. The first-order valence-electron chi connectivity index (χ1n) is 9.64. The second-order valence-electron chi connectivity index (χ2n) is 7.51. The molecular formula is C22H23N3O3. The average Bonchev–Trinajstić information content (AvgIpc) is 3.24. The summed E-state index contributed by atoms with van der Waals surface area (Å²) in [6, 6.07) is 10.8. The van der Waals surface area contributed by atoms with Gasteiger partial charge in [0.2, 0.25) is 0 Å². The molecule has 28 heavy (non-hydrogen) atoms. The van der Waals surface area contributed by atoms with Crippen LogP contribution in [0.2, 0.25) is 0 Å². The lowest BCUT2D eigenvalue weighted by Crippen LogP contribution is -2.41. The number of carbonyl (C=O) groups excluding carboxylic acids is 1. The number of amides is 1. The van der Waals surface area contributed by atoms with Crippen molar-refractivity contribution in [1.82, 2.24) is 0 Å². The fourth-order valence-corrected chi connectivity index (χ4v) is 4.01. The van der Waals surface area contributed by atoms with Crippen molar-refractivity contribution in [1.29, 1.82) is 5.26 Å². The molecule has 1 amide bonds. The minimum Gasteiger partial charge on any atom is -0.508 e. The van der Waals surface area contributed by atoms with Crippen LogP contribution in [0.1, 0.15) is 48.3 Å². The number of aryl methyl sites for hydroxylation is 1. The molecule has 6 nitrogen and oxygen atoms in total. The van der Waals surface area contributed by atoms with Crippen LogP contribution >= 0.6 is 0 Å². The predicted octanol–water partition coefficient (Wildman–Crippen LogP) is 4.04. The van der Waals surface area contributed by atoms with Gasteiger partial charge in [0.05, 0.1) is 23.9 Å². The lowest BCUT2D eigenvalue weighted by Gasteiger charge is -2.27. The Morgan fingerprint density at radius 1 is 1.29 bits per heavy atom. The van der Waals surface area contributed by atoms with Crippen LogP contribution in [-0.2, 0) is 4.79 Å². The SMILES string of the molecule is Cc1cc(C2CCCC2)c(O)cc1NC(=O)[C@H]1CNc2cc(C#N)ccc2O1. The van der Waals surface area contributed by atoms with E-state index >= 15 is 0 Å². The second kappa shape index (κ2) is 7.43. The number of nitriles is 1. The number of benzene rings is 2. The third kappa shape index (κ3) is 3.48. The molecule has 6 heteroatoms. The summed E-state index contributed by atoms with van der Waals surface area (Å²) in [5.41, 5.74) is 3.74.